The Morgan fingerprint density at radius 2 is 1.81 bits per heavy atom. The van der Waals surface area contributed by atoms with E-state index in [1.54, 1.807) is 0 Å². The van der Waals surface area contributed by atoms with Crippen molar-refractivity contribution >= 4 is 43.3 Å². The molecule has 1 aromatic heterocycles. The van der Waals surface area contributed by atoms with E-state index in [2.05, 4.69) is 15.9 Å². The van der Waals surface area contributed by atoms with Crippen LogP contribution >= 0.6 is 27.3 Å². The molecule has 0 radical (unpaired) electrons. The average Bonchev–Trinajstić information content (AvgIpc) is 3.02. The number of fused-ring (bicyclic) bond motifs is 1. The van der Waals surface area contributed by atoms with Gasteiger partial charge >= 0.3 is 5.97 Å². The molecular formula is C13H10BrNO4S2. The van der Waals surface area contributed by atoms with Gasteiger partial charge in [0.2, 0.25) is 10.0 Å². The first-order valence-electron chi connectivity index (χ1n) is 5.99. The Labute approximate surface area is 134 Å². The number of thiophene rings is 1. The quantitative estimate of drug-likeness (QED) is 0.878. The van der Waals surface area contributed by atoms with Gasteiger partial charge in [0.1, 0.15) is 9.77 Å². The molecule has 0 saturated carbocycles. The average molecular weight is 388 g/mol. The molecule has 0 atom stereocenters. The Hall–Kier alpha value is -1.22. The van der Waals surface area contributed by atoms with Crippen LogP contribution in [0, 0.1) is 0 Å². The number of carbonyl (C=O) groups is 1. The van der Waals surface area contributed by atoms with Crippen LogP contribution in [0.2, 0.25) is 0 Å². The zero-order valence-electron chi connectivity index (χ0n) is 10.6. The van der Waals surface area contributed by atoms with Gasteiger partial charge in [0, 0.05) is 13.1 Å². The highest BCUT2D eigenvalue weighted by atomic mass is 79.9. The minimum Gasteiger partial charge on any atom is -0.477 e. The SMILES string of the molecule is O=C(O)c1cc(S(=O)(=O)N2Cc3ccccc3C2)c(Br)s1. The number of halogens is 1. The Kier molecular flexibility index (Phi) is 3.64. The molecule has 1 aliphatic heterocycles. The van der Waals surface area contributed by atoms with Crippen molar-refractivity contribution in [3.8, 4) is 0 Å². The summed E-state index contributed by atoms with van der Waals surface area (Å²) >= 11 is 4.06. The number of aromatic carboxylic acids is 1. The lowest BCUT2D eigenvalue weighted by Crippen LogP contribution is -2.25. The van der Waals surface area contributed by atoms with E-state index in [1.807, 2.05) is 24.3 Å². The smallest absolute Gasteiger partial charge is 0.345 e. The van der Waals surface area contributed by atoms with Crippen LogP contribution < -0.4 is 0 Å². The third-order valence-corrected chi connectivity index (χ3v) is 7.33. The predicted octanol–water partition coefficient (Wildman–Crippen LogP) is 2.91. The maximum atomic E-state index is 12.7. The maximum Gasteiger partial charge on any atom is 0.345 e. The topological polar surface area (TPSA) is 74.7 Å². The zero-order chi connectivity index (χ0) is 15.2. The number of rotatable bonds is 3. The van der Waals surface area contributed by atoms with E-state index in [0.29, 0.717) is 16.9 Å². The highest BCUT2D eigenvalue weighted by molar-refractivity contribution is 9.11. The Bertz CT molecular complexity index is 803. The fraction of sp³-hybridized carbons (Fsp3) is 0.154. The number of carboxylic acid groups (broad SMARTS) is 1. The molecule has 110 valence electrons. The number of hydrogen-bond acceptors (Lipinski definition) is 4. The summed E-state index contributed by atoms with van der Waals surface area (Å²) in [6, 6.07) is 8.75. The fourth-order valence-corrected chi connectivity index (χ4v) is 5.99. The molecule has 0 saturated heterocycles. The summed E-state index contributed by atoms with van der Waals surface area (Å²) in [6.45, 7) is 0.617. The van der Waals surface area contributed by atoms with Crippen LogP contribution in [-0.4, -0.2) is 23.8 Å². The molecule has 8 heteroatoms. The van der Waals surface area contributed by atoms with Crippen molar-refractivity contribution in [2.24, 2.45) is 0 Å². The second kappa shape index (κ2) is 5.20. The minimum absolute atomic E-state index is 0.00263. The largest absolute Gasteiger partial charge is 0.477 e. The second-order valence-electron chi connectivity index (χ2n) is 4.60. The third kappa shape index (κ3) is 2.52. The van der Waals surface area contributed by atoms with Gasteiger partial charge in [0.25, 0.3) is 0 Å². The summed E-state index contributed by atoms with van der Waals surface area (Å²) in [5.41, 5.74) is 1.96. The van der Waals surface area contributed by atoms with Crippen molar-refractivity contribution in [3.63, 3.8) is 0 Å². The first kappa shape index (κ1) is 14.7. The molecule has 0 aliphatic carbocycles. The monoisotopic (exact) mass is 387 g/mol. The van der Waals surface area contributed by atoms with E-state index >= 15 is 0 Å². The van der Waals surface area contributed by atoms with Gasteiger partial charge in [-0.1, -0.05) is 24.3 Å². The molecule has 0 fully saturated rings. The van der Waals surface area contributed by atoms with Gasteiger partial charge in [-0.3, -0.25) is 0 Å². The van der Waals surface area contributed by atoms with Gasteiger partial charge in [-0.25, -0.2) is 13.2 Å². The van der Waals surface area contributed by atoms with Gasteiger partial charge in [0.05, 0.1) is 3.79 Å². The highest BCUT2D eigenvalue weighted by Gasteiger charge is 2.33. The summed E-state index contributed by atoms with van der Waals surface area (Å²) in [5.74, 6) is -1.13. The van der Waals surface area contributed by atoms with Crippen LogP contribution in [0.3, 0.4) is 0 Å². The van der Waals surface area contributed by atoms with E-state index < -0.39 is 16.0 Å². The number of hydrogen-bond donors (Lipinski definition) is 1. The molecule has 3 rings (SSSR count). The lowest BCUT2D eigenvalue weighted by atomic mass is 10.1. The van der Waals surface area contributed by atoms with Gasteiger partial charge in [-0.2, -0.15) is 4.31 Å². The van der Waals surface area contributed by atoms with Gasteiger partial charge in [-0.15, -0.1) is 11.3 Å². The molecule has 0 unspecified atom stereocenters. The molecule has 0 spiro atoms. The molecule has 1 aromatic carbocycles. The third-order valence-electron chi connectivity index (χ3n) is 3.30. The van der Waals surface area contributed by atoms with Gasteiger partial charge in [0.15, 0.2) is 0 Å². The van der Waals surface area contributed by atoms with E-state index in [1.165, 1.54) is 10.4 Å². The van der Waals surface area contributed by atoms with Crippen LogP contribution in [0.15, 0.2) is 39.0 Å². The Balaban J connectivity index is 1.98. The van der Waals surface area contributed by atoms with Crippen LogP contribution in [0.4, 0.5) is 0 Å². The predicted molar refractivity (Wildman–Crippen MR) is 81.9 cm³/mol. The molecule has 21 heavy (non-hydrogen) atoms. The van der Waals surface area contributed by atoms with Gasteiger partial charge in [-0.05, 0) is 33.1 Å². The number of nitrogens with zero attached hydrogens (tertiary/aromatic N) is 1. The number of benzene rings is 1. The second-order valence-corrected chi connectivity index (χ2v) is 8.87. The molecule has 0 amide bonds. The summed E-state index contributed by atoms with van der Waals surface area (Å²) in [7, 11) is -3.72. The Morgan fingerprint density at radius 1 is 1.24 bits per heavy atom. The summed E-state index contributed by atoms with van der Waals surface area (Å²) in [6.07, 6.45) is 0. The van der Waals surface area contributed by atoms with Crippen LogP contribution in [0.5, 0.6) is 0 Å². The van der Waals surface area contributed by atoms with E-state index in [0.717, 1.165) is 22.5 Å². The van der Waals surface area contributed by atoms with E-state index in [9.17, 15) is 13.2 Å². The Morgan fingerprint density at radius 3 is 2.29 bits per heavy atom. The molecule has 1 aliphatic rings. The number of sulfonamides is 1. The van der Waals surface area contributed by atoms with Crippen LogP contribution in [-0.2, 0) is 23.1 Å². The van der Waals surface area contributed by atoms with Crippen molar-refractivity contribution in [2.45, 2.75) is 18.0 Å². The molecule has 2 heterocycles. The first-order chi connectivity index (χ1) is 9.89. The van der Waals surface area contributed by atoms with E-state index in [-0.39, 0.29) is 9.77 Å². The zero-order valence-corrected chi connectivity index (χ0v) is 13.8. The standard InChI is InChI=1S/C13H10BrNO4S2/c14-12-11(5-10(20-12)13(16)17)21(18,19)15-6-8-3-1-2-4-9(8)7-15/h1-5H,6-7H2,(H,16,17). The minimum atomic E-state index is -3.72. The molecule has 5 nitrogen and oxygen atoms in total. The number of carboxylic acids is 1. The lowest BCUT2D eigenvalue weighted by Gasteiger charge is -2.14. The highest BCUT2D eigenvalue weighted by Crippen LogP contribution is 2.36. The van der Waals surface area contributed by atoms with Crippen molar-refractivity contribution in [3.05, 3.63) is 50.1 Å². The van der Waals surface area contributed by atoms with Crippen LogP contribution in [0.25, 0.3) is 0 Å². The van der Waals surface area contributed by atoms with Crippen molar-refractivity contribution in [1.82, 2.24) is 4.31 Å². The maximum absolute atomic E-state index is 12.7. The molecule has 2 aromatic rings. The molecule has 1 N–H and O–H groups in total. The van der Waals surface area contributed by atoms with Gasteiger partial charge < -0.3 is 5.11 Å². The molecule has 0 bridgehead atoms. The summed E-state index contributed by atoms with van der Waals surface area (Å²) in [4.78, 5) is 11.0. The fourth-order valence-electron chi connectivity index (χ4n) is 2.24. The van der Waals surface area contributed by atoms with Crippen molar-refractivity contribution < 1.29 is 18.3 Å². The summed E-state index contributed by atoms with van der Waals surface area (Å²) in [5, 5.41) is 8.98. The van der Waals surface area contributed by atoms with Crippen molar-refractivity contribution in [1.29, 1.82) is 0 Å². The molecular weight excluding hydrogens is 378 g/mol. The first-order valence-corrected chi connectivity index (χ1v) is 9.04. The lowest BCUT2D eigenvalue weighted by molar-refractivity contribution is 0.0702. The van der Waals surface area contributed by atoms with Crippen molar-refractivity contribution in [2.75, 3.05) is 0 Å². The normalized spacial score (nSPS) is 15.1. The van der Waals surface area contributed by atoms with E-state index in [4.69, 9.17) is 5.11 Å². The van der Waals surface area contributed by atoms with Crippen LogP contribution in [0.1, 0.15) is 20.8 Å². The summed E-state index contributed by atoms with van der Waals surface area (Å²) < 4.78 is 27.0.